The van der Waals surface area contributed by atoms with Crippen molar-refractivity contribution in [2.45, 2.75) is 20.0 Å². The zero-order valence-electron chi connectivity index (χ0n) is 10.7. The molecular weight excluding hydrogens is 239 g/mol. The molecule has 0 fully saturated rings. The molecule has 0 bridgehead atoms. The first-order valence-corrected chi connectivity index (χ1v) is 5.57. The minimum absolute atomic E-state index is 0.0852. The van der Waals surface area contributed by atoms with Crippen molar-refractivity contribution in [2.75, 3.05) is 14.2 Å². The fraction of sp³-hybridized carbons (Fsp3) is 0.462. The van der Waals surface area contributed by atoms with Crippen LogP contribution in [0.25, 0.3) is 0 Å². The fourth-order valence-corrected chi connectivity index (χ4v) is 1.69. The summed E-state index contributed by atoms with van der Waals surface area (Å²) in [6, 6.07) is 3.20. The Labute approximate surface area is 105 Å². The van der Waals surface area contributed by atoms with Gasteiger partial charge in [-0.25, -0.2) is 4.39 Å². The number of ether oxygens (including phenoxy) is 2. The first-order valence-electron chi connectivity index (χ1n) is 5.57. The van der Waals surface area contributed by atoms with Crippen LogP contribution in [0.2, 0.25) is 0 Å². The molecule has 4 nitrogen and oxygen atoms in total. The lowest BCUT2D eigenvalue weighted by molar-refractivity contribution is -0.141. The highest BCUT2D eigenvalue weighted by atomic mass is 19.1. The summed E-state index contributed by atoms with van der Waals surface area (Å²) in [6.45, 7) is 1.68. The number of rotatable bonds is 6. The third-order valence-corrected chi connectivity index (χ3v) is 2.73. The Kier molecular flexibility index (Phi) is 5.09. The van der Waals surface area contributed by atoms with Crippen LogP contribution in [-0.4, -0.2) is 25.3 Å². The number of carboxylic acid groups (broad SMARTS) is 1. The normalized spacial score (nSPS) is 12.2. The number of hydrogen-bond acceptors (Lipinski definition) is 3. The van der Waals surface area contributed by atoms with Gasteiger partial charge >= 0.3 is 5.97 Å². The molecule has 0 aliphatic rings. The van der Waals surface area contributed by atoms with E-state index in [1.54, 1.807) is 12.1 Å². The molecule has 0 aromatic heterocycles. The van der Waals surface area contributed by atoms with Gasteiger partial charge in [0.2, 0.25) is 0 Å². The largest absolute Gasteiger partial charge is 0.496 e. The summed E-state index contributed by atoms with van der Waals surface area (Å²) in [5.41, 5.74) is 0.674. The standard InChI is InChI=1S/C13H17FO4/c1-8(13(15)16)6-10-11(18-3)5-4-9(7-17-2)12(10)14/h4-5,8H,6-7H2,1-3H3,(H,15,16). The van der Waals surface area contributed by atoms with Crippen molar-refractivity contribution >= 4 is 5.97 Å². The van der Waals surface area contributed by atoms with Crippen LogP contribution in [0.4, 0.5) is 4.39 Å². The minimum Gasteiger partial charge on any atom is -0.496 e. The Morgan fingerprint density at radius 2 is 2.11 bits per heavy atom. The van der Waals surface area contributed by atoms with E-state index in [0.29, 0.717) is 11.3 Å². The third kappa shape index (κ3) is 3.20. The maximum absolute atomic E-state index is 14.2. The van der Waals surface area contributed by atoms with E-state index in [9.17, 15) is 9.18 Å². The van der Waals surface area contributed by atoms with Gasteiger partial charge in [0.25, 0.3) is 0 Å². The van der Waals surface area contributed by atoms with Crippen LogP contribution >= 0.6 is 0 Å². The monoisotopic (exact) mass is 256 g/mol. The number of benzene rings is 1. The maximum atomic E-state index is 14.2. The van der Waals surface area contributed by atoms with Crippen molar-refractivity contribution in [3.05, 3.63) is 29.1 Å². The second-order valence-electron chi connectivity index (χ2n) is 4.10. The SMILES string of the molecule is COCc1ccc(OC)c(CC(C)C(=O)O)c1F. The first kappa shape index (κ1) is 14.4. The summed E-state index contributed by atoms with van der Waals surface area (Å²) in [7, 11) is 2.91. The number of halogens is 1. The highest BCUT2D eigenvalue weighted by molar-refractivity contribution is 5.70. The molecule has 0 heterocycles. The van der Waals surface area contributed by atoms with Crippen LogP contribution in [0.5, 0.6) is 5.75 Å². The maximum Gasteiger partial charge on any atom is 0.306 e. The van der Waals surface area contributed by atoms with Gasteiger partial charge < -0.3 is 14.6 Å². The molecule has 1 aromatic carbocycles. The van der Waals surface area contributed by atoms with Crippen LogP contribution in [0.15, 0.2) is 12.1 Å². The Balaban J connectivity index is 3.12. The zero-order chi connectivity index (χ0) is 13.7. The summed E-state index contributed by atoms with van der Waals surface area (Å²) in [5.74, 6) is -1.73. The summed E-state index contributed by atoms with van der Waals surface area (Å²) >= 11 is 0. The second kappa shape index (κ2) is 6.35. The van der Waals surface area contributed by atoms with Crippen LogP contribution < -0.4 is 4.74 Å². The molecule has 0 spiro atoms. The number of carboxylic acids is 1. The van der Waals surface area contributed by atoms with Crippen molar-refractivity contribution in [1.29, 1.82) is 0 Å². The Morgan fingerprint density at radius 3 is 2.61 bits per heavy atom. The Hall–Kier alpha value is -1.62. The summed E-state index contributed by atoms with van der Waals surface area (Å²) in [4.78, 5) is 10.8. The molecule has 0 radical (unpaired) electrons. The number of hydrogen-bond donors (Lipinski definition) is 1. The van der Waals surface area contributed by atoms with Crippen LogP contribution in [0.1, 0.15) is 18.1 Å². The lowest BCUT2D eigenvalue weighted by Crippen LogP contribution is -2.14. The number of aliphatic carboxylic acids is 1. The molecule has 1 unspecified atom stereocenters. The molecule has 5 heteroatoms. The quantitative estimate of drug-likeness (QED) is 0.848. The highest BCUT2D eigenvalue weighted by Crippen LogP contribution is 2.27. The lowest BCUT2D eigenvalue weighted by Gasteiger charge is -2.14. The molecule has 100 valence electrons. The molecule has 0 saturated carbocycles. The van der Waals surface area contributed by atoms with Crippen molar-refractivity contribution in [3.63, 3.8) is 0 Å². The van der Waals surface area contributed by atoms with E-state index >= 15 is 0 Å². The van der Waals surface area contributed by atoms with Gasteiger partial charge in [0.1, 0.15) is 11.6 Å². The zero-order valence-corrected chi connectivity index (χ0v) is 10.7. The van der Waals surface area contributed by atoms with Gasteiger partial charge in [0.15, 0.2) is 0 Å². The highest BCUT2D eigenvalue weighted by Gasteiger charge is 2.20. The van der Waals surface area contributed by atoms with E-state index in [4.69, 9.17) is 14.6 Å². The molecule has 0 amide bonds. The second-order valence-corrected chi connectivity index (χ2v) is 4.10. The van der Waals surface area contributed by atoms with Gasteiger partial charge in [-0.2, -0.15) is 0 Å². The summed E-state index contributed by atoms with van der Waals surface area (Å²) < 4.78 is 24.1. The molecule has 1 aromatic rings. The van der Waals surface area contributed by atoms with Crippen molar-refractivity contribution in [3.8, 4) is 5.75 Å². The van der Waals surface area contributed by atoms with E-state index in [0.717, 1.165) is 0 Å². The minimum atomic E-state index is -0.964. The van der Waals surface area contributed by atoms with E-state index in [1.807, 2.05) is 0 Å². The Bertz CT molecular complexity index is 431. The fourth-order valence-electron chi connectivity index (χ4n) is 1.69. The molecular formula is C13H17FO4. The number of methoxy groups -OCH3 is 2. The molecule has 0 aliphatic heterocycles. The van der Waals surface area contributed by atoms with E-state index in [1.165, 1.54) is 21.1 Å². The topological polar surface area (TPSA) is 55.8 Å². The summed E-state index contributed by atoms with van der Waals surface area (Å²) in [5, 5.41) is 8.88. The van der Waals surface area contributed by atoms with Crippen LogP contribution in [0.3, 0.4) is 0 Å². The van der Waals surface area contributed by atoms with Gasteiger partial charge in [-0.3, -0.25) is 4.79 Å². The van der Waals surface area contributed by atoms with Gasteiger partial charge in [0, 0.05) is 18.2 Å². The van der Waals surface area contributed by atoms with Crippen molar-refractivity contribution < 1.29 is 23.8 Å². The van der Waals surface area contributed by atoms with Crippen molar-refractivity contribution in [2.24, 2.45) is 5.92 Å². The van der Waals surface area contributed by atoms with Gasteiger partial charge in [-0.1, -0.05) is 13.0 Å². The van der Waals surface area contributed by atoms with Crippen LogP contribution in [0, 0.1) is 11.7 Å². The predicted octanol–water partition coefficient (Wildman–Crippen LogP) is 2.24. The molecule has 0 saturated heterocycles. The predicted molar refractivity (Wildman–Crippen MR) is 64.2 cm³/mol. The smallest absolute Gasteiger partial charge is 0.306 e. The molecule has 0 aliphatic carbocycles. The first-order chi connectivity index (χ1) is 8.51. The van der Waals surface area contributed by atoms with E-state index in [2.05, 4.69) is 0 Å². The lowest BCUT2D eigenvalue weighted by atomic mass is 9.98. The molecule has 1 rings (SSSR count). The van der Waals surface area contributed by atoms with Crippen molar-refractivity contribution in [1.82, 2.24) is 0 Å². The average molecular weight is 256 g/mol. The average Bonchev–Trinajstić information content (AvgIpc) is 2.34. The van der Waals surface area contributed by atoms with Gasteiger partial charge in [-0.05, 0) is 12.5 Å². The van der Waals surface area contributed by atoms with Gasteiger partial charge in [0.05, 0.1) is 19.6 Å². The Morgan fingerprint density at radius 1 is 1.44 bits per heavy atom. The molecule has 1 N–H and O–H groups in total. The van der Waals surface area contributed by atoms with E-state index < -0.39 is 17.7 Å². The summed E-state index contributed by atoms with van der Waals surface area (Å²) in [6.07, 6.45) is 0.0852. The molecule has 1 atom stereocenters. The number of carbonyl (C=O) groups is 1. The third-order valence-electron chi connectivity index (χ3n) is 2.73. The van der Waals surface area contributed by atoms with E-state index in [-0.39, 0.29) is 18.6 Å². The molecule has 18 heavy (non-hydrogen) atoms. The van der Waals surface area contributed by atoms with Crippen LogP contribution in [-0.2, 0) is 22.6 Å². The van der Waals surface area contributed by atoms with Gasteiger partial charge in [-0.15, -0.1) is 0 Å².